The van der Waals surface area contributed by atoms with Gasteiger partial charge in [0.15, 0.2) is 0 Å². The second-order valence-electron chi connectivity index (χ2n) is 4.89. The second-order valence-corrected chi connectivity index (χ2v) is 5.75. The predicted molar refractivity (Wildman–Crippen MR) is 74.4 cm³/mol. The Morgan fingerprint density at radius 2 is 2.17 bits per heavy atom. The summed E-state index contributed by atoms with van der Waals surface area (Å²) in [7, 11) is 0. The lowest BCUT2D eigenvalue weighted by atomic mass is 10.2. The van der Waals surface area contributed by atoms with Gasteiger partial charge in [0.2, 0.25) is 0 Å². The van der Waals surface area contributed by atoms with Crippen molar-refractivity contribution in [3.63, 3.8) is 0 Å². The van der Waals surface area contributed by atoms with E-state index in [4.69, 9.17) is 4.74 Å². The minimum absolute atomic E-state index is 0.0861. The van der Waals surface area contributed by atoms with Gasteiger partial charge in [-0.3, -0.25) is 0 Å². The zero-order valence-electron chi connectivity index (χ0n) is 10.6. The lowest BCUT2D eigenvalue weighted by molar-refractivity contribution is 0.211. The van der Waals surface area contributed by atoms with E-state index in [9.17, 15) is 4.39 Å². The maximum absolute atomic E-state index is 13.1. The summed E-state index contributed by atoms with van der Waals surface area (Å²) in [6, 6.07) is 5.39. The van der Waals surface area contributed by atoms with E-state index in [1.54, 1.807) is 12.1 Å². The highest BCUT2D eigenvalue weighted by Gasteiger charge is 2.15. The summed E-state index contributed by atoms with van der Waals surface area (Å²) in [5.41, 5.74) is 0. The summed E-state index contributed by atoms with van der Waals surface area (Å²) < 4.78 is 19.3. The first-order valence-corrected chi connectivity index (χ1v) is 7.29. The first kappa shape index (κ1) is 13.8. The van der Waals surface area contributed by atoms with Gasteiger partial charge in [-0.15, -0.1) is 0 Å². The lowest BCUT2D eigenvalue weighted by Gasteiger charge is -2.18. The minimum atomic E-state index is -0.265. The molecule has 0 bridgehead atoms. The van der Waals surface area contributed by atoms with Crippen molar-refractivity contribution in [2.75, 3.05) is 6.54 Å². The fraction of sp³-hybridized carbons (Fsp3) is 0.571. The molecule has 1 N–H and O–H groups in total. The molecule has 1 aromatic rings. The number of nitrogens with one attached hydrogen (secondary N) is 1. The molecular weight excluding hydrogens is 297 g/mol. The average molecular weight is 316 g/mol. The Morgan fingerprint density at radius 1 is 1.44 bits per heavy atom. The third kappa shape index (κ3) is 3.95. The van der Waals surface area contributed by atoms with Crippen molar-refractivity contribution < 1.29 is 9.13 Å². The van der Waals surface area contributed by atoms with Crippen molar-refractivity contribution >= 4 is 15.9 Å². The number of hydrogen-bond donors (Lipinski definition) is 1. The van der Waals surface area contributed by atoms with E-state index in [-0.39, 0.29) is 11.9 Å². The minimum Gasteiger partial charge on any atom is -0.489 e. The van der Waals surface area contributed by atoms with Gasteiger partial charge >= 0.3 is 0 Å². The average Bonchev–Trinajstić information content (AvgIpc) is 2.84. The molecule has 1 fully saturated rings. The van der Waals surface area contributed by atoms with Crippen LogP contribution < -0.4 is 10.1 Å². The molecule has 2 rings (SSSR count). The molecule has 1 atom stereocenters. The summed E-state index contributed by atoms with van der Waals surface area (Å²) in [6.45, 7) is 2.86. The Balaban J connectivity index is 1.78. The molecule has 1 aliphatic carbocycles. The third-order valence-corrected chi connectivity index (χ3v) is 3.89. The highest BCUT2D eigenvalue weighted by Crippen LogP contribution is 2.22. The summed E-state index contributed by atoms with van der Waals surface area (Å²) in [5.74, 6) is 0.433. The molecule has 0 heterocycles. The SMILES string of the molecule is CC(CNC1CCCC1)Oc1ccc(F)c(Br)c1. The van der Waals surface area contributed by atoms with Gasteiger partial charge in [0.05, 0.1) is 4.47 Å². The number of hydrogen-bond acceptors (Lipinski definition) is 2. The van der Waals surface area contributed by atoms with Gasteiger partial charge in [0, 0.05) is 12.6 Å². The quantitative estimate of drug-likeness (QED) is 0.890. The van der Waals surface area contributed by atoms with Crippen LogP contribution in [0.2, 0.25) is 0 Å². The number of rotatable bonds is 5. The third-order valence-electron chi connectivity index (χ3n) is 3.28. The zero-order chi connectivity index (χ0) is 13.0. The molecule has 0 amide bonds. The van der Waals surface area contributed by atoms with Gasteiger partial charge in [-0.05, 0) is 53.9 Å². The second kappa shape index (κ2) is 6.53. The number of ether oxygens (including phenoxy) is 1. The first-order chi connectivity index (χ1) is 8.65. The highest BCUT2D eigenvalue weighted by molar-refractivity contribution is 9.10. The van der Waals surface area contributed by atoms with Crippen LogP contribution >= 0.6 is 15.9 Å². The molecule has 1 unspecified atom stereocenters. The molecule has 0 spiro atoms. The fourth-order valence-corrected chi connectivity index (χ4v) is 2.64. The van der Waals surface area contributed by atoms with Gasteiger partial charge in [-0.25, -0.2) is 4.39 Å². The lowest BCUT2D eigenvalue weighted by Crippen LogP contribution is -2.35. The smallest absolute Gasteiger partial charge is 0.137 e. The maximum atomic E-state index is 13.1. The highest BCUT2D eigenvalue weighted by atomic mass is 79.9. The van der Waals surface area contributed by atoms with Crippen LogP contribution in [-0.2, 0) is 0 Å². The predicted octanol–water partition coefficient (Wildman–Crippen LogP) is 3.89. The largest absolute Gasteiger partial charge is 0.489 e. The first-order valence-electron chi connectivity index (χ1n) is 6.50. The fourth-order valence-electron chi connectivity index (χ4n) is 2.29. The van der Waals surface area contributed by atoms with Crippen LogP contribution in [0.1, 0.15) is 32.6 Å². The van der Waals surface area contributed by atoms with Crippen LogP contribution in [0.4, 0.5) is 4.39 Å². The molecule has 1 aromatic carbocycles. The molecule has 0 radical (unpaired) electrons. The van der Waals surface area contributed by atoms with Crippen molar-refractivity contribution in [3.05, 3.63) is 28.5 Å². The van der Waals surface area contributed by atoms with Crippen molar-refractivity contribution in [2.24, 2.45) is 0 Å². The Labute approximate surface area is 116 Å². The van der Waals surface area contributed by atoms with E-state index in [0.29, 0.717) is 16.3 Å². The van der Waals surface area contributed by atoms with Crippen molar-refractivity contribution in [3.8, 4) is 5.75 Å². The van der Waals surface area contributed by atoms with Crippen LogP contribution in [0, 0.1) is 5.82 Å². The van der Waals surface area contributed by atoms with Gasteiger partial charge in [-0.1, -0.05) is 12.8 Å². The Hall–Kier alpha value is -0.610. The Morgan fingerprint density at radius 3 is 2.83 bits per heavy atom. The summed E-state index contributed by atoms with van der Waals surface area (Å²) in [5, 5.41) is 3.52. The van der Waals surface area contributed by atoms with Gasteiger partial charge in [0.25, 0.3) is 0 Å². The van der Waals surface area contributed by atoms with E-state index in [0.717, 1.165) is 6.54 Å². The Bertz CT molecular complexity index is 393. The molecule has 1 aliphatic rings. The molecule has 18 heavy (non-hydrogen) atoms. The van der Waals surface area contributed by atoms with Crippen LogP contribution in [-0.4, -0.2) is 18.7 Å². The molecular formula is C14H19BrFNO. The van der Waals surface area contributed by atoms with Crippen LogP contribution in [0.3, 0.4) is 0 Å². The standard InChI is InChI=1S/C14H19BrFNO/c1-10(9-17-11-4-2-3-5-11)18-12-6-7-14(16)13(15)8-12/h6-8,10-11,17H,2-5,9H2,1H3. The molecule has 1 saturated carbocycles. The van der Waals surface area contributed by atoms with Crippen molar-refractivity contribution in [1.82, 2.24) is 5.32 Å². The van der Waals surface area contributed by atoms with E-state index >= 15 is 0 Å². The van der Waals surface area contributed by atoms with E-state index < -0.39 is 0 Å². The molecule has 4 heteroatoms. The Kier molecular flexibility index (Phi) is 5.01. The normalized spacial score (nSPS) is 17.9. The number of halogens is 2. The van der Waals surface area contributed by atoms with Gasteiger partial charge in [-0.2, -0.15) is 0 Å². The maximum Gasteiger partial charge on any atom is 0.137 e. The zero-order valence-corrected chi connectivity index (χ0v) is 12.2. The molecule has 100 valence electrons. The van der Waals surface area contributed by atoms with Crippen LogP contribution in [0.15, 0.2) is 22.7 Å². The topological polar surface area (TPSA) is 21.3 Å². The van der Waals surface area contributed by atoms with Gasteiger partial charge < -0.3 is 10.1 Å². The van der Waals surface area contributed by atoms with E-state index in [1.165, 1.54) is 31.7 Å². The van der Waals surface area contributed by atoms with Crippen LogP contribution in [0.5, 0.6) is 5.75 Å². The summed E-state index contributed by atoms with van der Waals surface area (Å²) in [6.07, 6.45) is 5.29. The van der Waals surface area contributed by atoms with Crippen molar-refractivity contribution in [1.29, 1.82) is 0 Å². The monoisotopic (exact) mass is 315 g/mol. The summed E-state index contributed by atoms with van der Waals surface area (Å²) in [4.78, 5) is 0. The van der Waals surface area contributed by atoms with Crippen LogP contribution in [0.25, 0.3) is 0 Å². The molecule has 0 aliphatic heterocycles. The van der Waals surface area contributed by atoms with E-state index in [2.05, 4.69) is 21.2 Å². The summed E-state index contributed by atoms with van der Waals surface area (Å²) >= 11 is 3.16. The van der Waals surface area contributed by atoms with Crippen molar-refractivity contribution in [2.45, 2.75) is 44.8 Å². The molecule has 0 saturated heterocycles. The molecule has 0 aromatic heterocycles. The van der Waals surface area contributed by atoms with E-state index in [1.807, 2.05) is 6.92 Å². The van der Waals surface area contributed by atoms with Gasteiger partial charge in [0.1, 0.15) is 17.7 Å². The molecule has 2 nitrogen and oxygen atoms in total. The number of benzene rings is 1.